The Morgan fingerprint density at radius 1 is 1.30 bits per heavy atom. The number of anilines is 1. The van der Waals surface area contributed by atoms with Gasteiger partial charge in [-0.15, -0.1) is 0 Å². The number of nitrogens with one attached hydrogen (secondary N) is 1. The first-order chi connectivity index (χ1) is 15.4. The number of fused-ring (bicyclic) bond motifs is 1. The fraction of sp³-hybridized carbons (Fsp3) is 0.458. The molecule has 3 rings (SSSR count). The van der Waals surface area contributed by atoms with E-state index in [0.717, 1.165) is 17.6 Å². The standard InChI is InChI=1S/C24H31ClN2O5S/c1-16-19(25)8-6-9-21(16)27(33(5,29)30)13-7-10-23(28)26-20-15-24(2,3)32-22-12-11-17(31-4)14-18(20)22/h6,8-9,11-12,14,20H,7,10,13,15H2,1-5H3,(H,26,28)/t20-/m0/s1. The van der Waals surface area contributed by atoms with Gasteiger partial charge in [-0.25, -0.2) is 8.42 Å². The van der Waals surface area contributed by atoms with Crippen molar-refractivity contribution in [1.82, 2.24) is 5.32 Å². The third kappa shape index (κ3) is 6.12. The molecule has 1 aliphatic rings. The number of amides is 1. The molecule has 0 aliphatic carbocycles. The third-order valence-corrected chi connectivity index (χ3v) is 7.27. The Bertz CT molecular complexity index is 1130. The van der Waals surface area contributed by atoms with Crippen molar-refractivity contribution < 1.29 is 22.7 Å². The Morgan fingerprint density at radius 2 is 2.03 bits per heavy atom. The van der Waals surface area contributed by atoms with E-state index in [0.29, 0.717) is 34.9 Å². The number of methoxy groups -OCH3 is 1. The van der Waals surface area contributed by atoms with E-state index >= 15 is 0 Å². The molecule has 0 saturated carbocycles. The van der Waals surface area contributed by atoms with Crippen molar-refractivity contribution in [3.8, 4) is 11.5 Å². The molecule has 1 aliphatic heterocycles. The van der Waals surface area contributed by atoms with Crippen LogP contribution in [0.25, 0.3) is 0 Å². The van der Waals surface area contributed by atoms with Crippen molar-refractivity contribution in [1.29, 1.82) is 0 Å². The molecule has 1 heterocycles. The van der Waals surface area contributed by atoms with Crippen LogP contribution in [0.5, 0.6) is 11.5 Å². The summed E-state index contributed by atoms with van der Waals surface area (Å²) in [4.78, 5) is 12.8. The van der Waals surface area contributed by atoms with E-state index < -0.39 is 15.6 Å². The Morgan fingerprint density at radius 3 is 2.70 bits per heavy atom. The molecule has 9 heteroatoms. The lowest BCUT2D eigenvalue weighted by Gasteiger charge is -2.38. The van der Waals surface area contributed by atoms with Crippen LogP contribution in [-0.4, -0.2) is 39.8 Å². The fourth-order valence-electron chi connectivity index (χ4n) is 4.07. The third-order valence-electron chi connectivity index (χ3n) is 5.68. The zero-order chi connectivity index (χ0) is 24.4. The number of benzene rings is 2. The summed E-state index contributed by atoms with van der Waals surface area (Å²) in [6, 6.07) is 10.5. The van der Waals surface area contributed by atoms with Crippen molar-refractivity contribution >= 4 is 33.2 Å². The van der Waals surface area contributed by atoms with Gasteiger partial charge in [0.25, 0.3) is 0 Å². The lowest BCUT2D eigenvalue weighted by atomic mass is 9.89. The molecule has 0 aromatic heterocycles. The molecule has 2 aromatic carbocycles. The summed E-state index contributed by atoms with van der Waals surface area (Å²) in [5.74, 6) is 1.26. The van der Waals surface area contributed by atoms with Gasteiger partial charge in [-0.05, 0) is 63.1 Å². The van der Waals surface area contributed by atoms with E-state index in [-0.39, 0.29) is 24.9 Å². The first kappa shape index (κ1) is 25.2. The number of carbonyl (C=O) groups excluding carboxylic acids is 1. The van der Waals surface area contributed by atoms with Gasteiger partial charge in [-0.3, -0.25) is 9.10 Å². The van der Waals surface area contributed by atoms with Crippen LogP contribution in [0, 0.1) is 6.92 Å². The summed E-state index contributed by atoms with van der Waals surface area (Å²) in [6.07, 6.45) is 2.31. The van der Waals surface area contributed by atoms with Crippen molar-refractivity contribution in [2.24, 2.45) is 0 Å². The van der Waals surface area contributed by atoms with Gasteiger partial charge in [0.15, 0.2) is 0 Å². The molecule has 0 radical (unpaired) electrons. The SMILES string of the molecule is COc1ccc2c(c1)[C@@H](NC(=O)CCCN(c1cccc(Cl)c1C)S(C)(=O)=O)CC(C)(C)O2. The molecule has 7 nitrogen and oxygen atoms in total. The highest BCUT2D eigenvalue weighted by Gasteiger charge is 2.35. The average Bonchev–Trinajstić information content (AvgIpc) is 2.72. The normalized spacial score (nSPS) is 17.0. The van der Waals surface area contributed by atoms with Crippen molar-refractivity contribution in [3.63, 3.8) is 0 Å². The Labute approximate surface area is 201 Å². The largest absolute Gasteiger partial charge is 0.497 e. The maximum absolute atomic E-state index is 12.8. The Kier molecular flexibility index (Phi) is 7.49. The quantitative estimate of drug-likeness (QED) is 0.578. The molecule has 0 unspecified atom stereocenters. The maximum Gasteiger partial charge on any atom is 0.232 e. The van der Waals surface area contributed by atoms with Crippen molar-refractivity contribution in [3.05, 3.63) is 52.5 Å². The summed E-state index contributed by atoms with van der Waals surface area (Å²) >= 11 is 6.18. The number of carbonyl (C=O) groups is 1. The van der Waals surface area contributed by atoms with Crippen LogP contribution in [0.4, 0.5) is 5.69 Å². The molecule has 0 spiro atoms. The van der Waals surface area contributed by atoms with Crippen LogP contribution in [0.3, 0.4) is 0 Å². The highest BCUT2D eigenvalue weighted by atomic mass is 35.5. The molecule has 2 aromatic rings. The summed E-state index contributed by atoms with van der Waals surface area (Å²) in [5, 5.41) is 3.59. The summed E-state index contributed by atoms with van der Waals surface area (Å²) in [5.41, 5.74) is 1.65. The number of sulfonamides is 1. The van der Waals surface area contributed by atoms with E-state index in [1.165, 1.54) is 4.31 Å². The van der Waals surface area contributed by atoms with Crippen LogP contribution in [0.2, 0.25) is 5.02 Å². The molecule has 0 bridgehead atoms. The second-order valence-corrected chi connectivity index (χ2v) is 11.2. The average molecular weight is 495 g/mol. The fourth-order valence-corrected chi connectivity index (χ4v) is 5.25. The van der Waals surface area contributed by atoms with Crippen LogP contribution < -0.4 is 19.1 Å². The van der Waals surface area contributed by atoms with Crippen molar-refractivity contribution in [2.75, 3.05) is 24.2 Å². The summed E-state index contributed by atoms with van der Waals surface area (Å²) < 4.78 is 37.5. The predicted molar refractivity (Wildman–Crippen MR) is 131 cm³/mol. The second-order valence-electron chi connectivity index (χ2n) is 8.91. The topological polar surface area (TPSA) is 84.9 Å². The van der Waals surface area contributed by atoms with Gasteiger partial charge in [0.2, 0.25) is 15.9 Å². The van der Waals surface area contributed by atoms with E-state index in [9.17, 15) is 13.2 Å². The van der Waals surface area contributed by atoms with Crippen LogP contribution >= 0.6 is 11.6 Å². The highest BCUT2D eigenvalue weighted by molar-refractivity contribution is 7.92. The molecular formula is C24H31ClN2O5S. The molecule has 1 N–H and O–H groups in total. The van der Waals surface area contributed by atoms with Crippen molar-refractivity contribution in [2.45, 2.75) is 51.7 Å². The lowest BCUT2D eigenvalue weighted by Crippen LogP contribution is -2.41. The highest BCUT2D eigenvalue weighted by Crippen LogP contribution is 2.41. The molecule has 33 heavy (non-hydrogen) atoms. The first-order valence-electron chi connectivity index (χ1n) is 10.8. The second kappa shape index (κ2) is 9.81. The maximum atomic E-state index is 12.8. The zero-order valence-corrected chi connectivity index (χ0v) is 21.2. The molecule has 1 atom stereocenters. The smallest absolute Gasteiger partial charge is 0.232 e. The number of halogens is 1. The lowest BCUT2D eigenvalue weighted by molar-refractivity contribution is -0.122. The molecular weight excluding hydrogens is 464 g/mol. The number of hydrogen-bond donors (Lipinski definition) is 1. The van der Waals surface area contributed by atoms with Gasteiger partial charge in [0.1, 0.15) is 17.1 Å². The van der Waals surface area contributed by atoms with Gasteiger partial charge >= 0.3 is 0 Å². The van der Waals surface area contributed by atoms with Crippen LogP contribution in [-0.2, 0) is 14.8 Å². The van der Waals surface area contributed by atoms with Crippen LogP contribution in [0.1, 0.15) is 50.3 Å². The number of hydrogen-bond acceptors (Lipinski definition) is 5. The van der Waals surface area contributed by atoms with Gasteiger partial charge < -0.3 is 14.8 Å². The predicted octanol–water partition coefficient (Wildman–Crippen LogP) is 4.62. The number of ether oxygens (including phenoxy) is 2. The van der Waals surface area contributed by atoms with E-state index in [1.807, 2.05) is 32.0 Å². The number of rotatable bonds is 8. The summed E-state index contributed by atoms with van der Waals surface area (Å²) in [6.45, 7) is 5.92. The van der Waals surface area contributed by atoms with Gasteiger partial charge in [-0.2, -0.15) is 0 Å². The Hall–Kier alpha value is -2.45. The van der Waals surface area contributed by atoms with Gasteiger partial charge in [0.05, 0.1) is 25.1 Å². The number of nitrogens with zero attached hydrogens (tertiary/aromatic N) is 1. The molecule has 180 valence electrons. The molecule has 0 saturated heterocycles. The minimum atomic E-state index is -3.53. The van der Waals surface area contributed by atoms with Gasteiger partial charge in [0, 0.05) is 30.0 Å². The minimum absolute atomic E-state index is 0.150. The van der Waals surface area contributed by atoms with E-state index in [2.05, 4.69) is 5.32 Å². The molecule has 1 amide bonds. The van der Waals surface area contributed by atoms with Gasteiger partial charge in [-0.1, -0.05) is 17.7 Å². The minimum Gasteiger partial charge on any atom is -0.497 e. The zero-order valence-electron chi connectivity index (χ0n) is 19.6. The molecule has 0 fully saturated rings. The monoisotopic (exact) mass is 494 g/mol. The van der Waals surface area contributed by atoms with E-state index in [4.69, 9.17) is 21.1 Å². The van der Waals surface area contributed by atoms with Crippen LogP contribution in [0.15, 0.2) is 36.4 Å². The summed E-state index contributed by atoms with van der Waals surface area (Å²) in [7, 11) is -1.94. The Balaban J connectivity index is 1.69. The first-order valence-corrected chi connectivity index (χ1v) is 13.0. The van der Waals surface area contributed by atoms with E-state index in [1.54, 1.807) is 32.2 Å².